The maximum absolute atomic E-state index is 10.9. The lowest BCUT2D eigenvalue weighted by Crippen LogP contribution is -2.17. The van der Waals surface area contributed by atoms with E-state index in [9.17, 15) is 13.2 Å². The molecule has 0 spiro atoms. The second-order valence-electron chi connectivity index (χ2n) is 2.22. The van der Waals surface area contributed by atoms with Gasteiger partial charge in [-0.3, -0.25) is 9.48 Å². The van der Waals surface area contributed by atoms with Crippen molar-refractivity contribution < 1.29 is 17.4 Å². The highest BCUT2D eigenvalue weighted by atomic mass is 35.5. The molecule has 78 valence electrons. The largest absolute Gasteiger partial charge is 0.410 e. The summed E-state index contributed by atoms with van der Waals surface area (Å²) in [6, 6.07) is 1.27. The summed E-state index contributed by atoms with van der Waals surface area (Å²) in [5.41, 5.74) is 0. The highest BCUT2D eigenvalue weighted by Crippen LogP contribution is 2.14. The normalized spacial score (nSPS) is 11.0. The Kier molecular flexibility index (Phi) is 2.96. The van der Waals surface area contributed by atoms with Gasteiger partial charge in [0.05, 0.1) is 0 Å². The van der Waals surface area contributed by atoms with Gasteiger partial charge in [0.1, 0.15) is 5.82 Å². The molecule has 7 nitrogen and oxygen atoms in total. The maximum atomic E-state index is 10.9. The van der Waals surface area contributed by atoms with Crippen molar-refractivity contribution >= 4 is 34.2 Å². The van der Waals surface area contributed by atoms with Crippen LogP contribution in [0.3, 0.4) is 0 Å². The number of aromatic nitrogens is 2. The topological polar surface area (TPSA) is 90.3 Å². The summed E-state index contributed by atoms with van der Waals surface area (Å²) in [4.78, 5) is 9.81. The first kappa shape index (κ1) is 10.8. The summed E-state index contributed by atoms with van der Waals surface area (Å²) in [6.45, 7) is -0.194. The van der Waals surface area contributed by atoms with Gasteiger partial charge in [-0.15, -0.1) is 0 Å². The molecular formula is C5H6ClN3O4S. The van der Waals surface area contributed by atoms with Crippen LogP contribution in [0.4, 0.5) is 5.82 Å². The molecule has 0 fully saturated rings. The Morgan fingerprint density at radius 1 is 1.71 bits per heavy atom. The van der Waals surface area contributed by atoms with Gasteiger partial charge in [-0.2, -0.15) is 13.5 Å². The Labute approximate surface area is 84.9 Å². The average molecular weight is 240 g/mol. The summed E-state index contributed by atoms with van der Waals surface area (Å²) in [5.74, 6) is 0.0943. The molecule has 0 atom stereocenters. The minimum atomic E-state index is -4.13. The predicted molar refractivity (Wildman–Crippen MR) is 47.9 cm³/mol. The zero-order valence-electron chi connectivity index (χ0n) is 6.97. The third-order valence-corrected chi connectivity index (χ3v) is 2.22. The van der Waals surface area contributed by atoms with E-state index in [0.29, 0.717) is 0 Å². The maximum Gasteiger partial charge on any atom is 0.410 e. The first-order valence-electron chi connectivity index (χ1n) is 3.29. The fourth-order valence-corrected chi connectivity index (χ4v) is 1.55. The number of nitrogens with one attached hydrogen (secondary N) is 1. The summed E-state index contributed by atoms with van der Waals surface area (Å²) in [5, 5.41) is 3.79. The lowest BCUT2D eigenvalue weighted by Gasteiger charge is -2.03. The molecule has 1 heterocycles. The van der Waals surface area contributed by atoms with Gasteiger partial charge in [0.25, 0.3) is 0 Å². The number of hydrogen-bond acceptors (Lipinski definition) is 5. The van der Waals surface area contributed by atoms with E-state index in [1.807, 2.05) is 4.72 Å². The molecule has 0 aliphatic carbocycles. The van der Waals surface area contributed by atoms with E-state index < -0.39 is 10.3 Å². The van der Waals surface area contributed by atoms with Crippen LogP contribution in [-0.4, -0.2) is 24.7 Å². The number of nitrogens with zero attached hydrogens (tertiary/aromatic N) is 2. The first-order valence-corrected chi connectivity index (χ1v) is 5.07. The van der Waals surface area contributed by atoms with Crippen LogP contribution in [0.1, 0.15) is 0 Å². The molecule has 0 saturated heterocycles. The average Bonchev–Trinajstić information content (AvgIpc) is 2.28. The molecule has 0 saturated carbocycles. The number of carbonyl (C=O) groups excluding carboxylic acids is 1. The first-order chi connectivity index (χ1) is 6.44. The van der Waals surface area contributed by atoms with Crippen LogP contribution in [0.15, 0.2) is 6.07 Å². The Balaban J connectivity index is 2.88. The van der Waals surface area contributed by atoms with Crippen molar-refractivity contribution in [1.82, 2.24) is 9.78 Å². The fraction of sp³-hybridized carbons (Fsp3) is 0.200. The highest BCUT2D eigenvalue weighted by molar-refractivity contribution is 7.88. The van der Waals surface area contributed by atoms with Crippen molar-refractivity contribution in [3.8, 4) is 0 Å². The smallest absolute Gasteiger partial charge is 0.333 e. The number of carbonyl (C=O) groups is 1. The molecule has 0 unspecified atom stereocenters. The number of hydrogen-bond donors (Lipinski definition) is 1. The summed E-state index contributed by atoms with van der Waals surface area (Å²) in [6.07, 6.45) is 0. The molecule has 1 aromatic rings. The van der Waals surface area contributed by atoms with Crippen molar-refractivity contribution in [3.05, 3.63) is 11.2 Å². The van der Waals surface area contributed by atoms with E-state index in [-0.39, 0.29) is 17.4 Å². The second kappa shape index (κ2) is 3.84. The monoisotopic (exact) mass is 239 g/mol. The van der Waals surface area contributed by atoms with Gasteiger partial charge >= 0.3 is 16.8 Å². The molecule has 1 N–H and O–H groups in total. The predicted octanol–water partition coefficient (Wildman–Crippen LogP) is -0.0968. The summed E-state index contributed by atoms with van der Waals surface area (Å²) in [7, 11) is -2.65. The van der Waals surface area contributed by atoms with E-state index in [1.54, 1.807) is 0 Å². The minimum Gasteiger partial charge on any atom is -0.333 e. The Morgan fingerprint density at radius 2 is 2.36 bits per heavy atom. The zero-order valence-corrected chi connectivity index (χ0v) is 8.54. The Morgan fingerprint density at radius 3 is 2.79 bits per heavy atom. The molecule has 0 amide bonds. The quantitative estimate of drug-likeness (QED) is 0.741. The Hall–Kier alpha value is -1.28. The van der Waals surface area contributed by atoms with Gasteiger partial charge in [-0.05, 0) is 0 Å². The van der Waals surface area contributed by atoms with Gasteiger partial charge in [0, 0.05) is 13.1 Å². The number of rotatable bonds is 4. The molecule has 9 heteroatoms. The van der Waals surface area contributed by atoms with E-state index in [1.165, 1.54) is 17.8 Å². The van der Waals surface area contributed by atoms with Crippen LogP contribution in [0.5, 0.6) is 0 Å². The lowest BCUT2D eigenvalue weighted by atomic mass is 10.7. The van der Waals surface area contributed by atoms with Crippen LogP contribution in [0.2, 0.25) is 5.15 Å². The van der Waals surface area contributed by atoms with Gasteiger partial charge in [0.15, 0.2) is 5.15 Å². The van der Waals surface area contributed by atoms with Crippen LogP contribution in [0, 0.1) is 0 Å². The second-order valence-corrected chi connectivity index (χ2v) is 3.92. The van der Waals surface area contributed by atoms with Crippen LogP contribution in [-0.2, 0) is 26.3 Å². The highest BCUT2D eigenvalue weighted by Gasteiger charge is 2.13. The van der Waals surface area contributed by atoms with Gasteiger partial charge in [-0.1, -0.05) is 11.6 Å². The fourth-order valence-electron chi connectivity index (χ4n) is 0.732. The number of anilines is 1. The van der Waals surface area contributed by atoms with Crippen molar-refractivity contribution in [3.63, 3.8) is 0 Å². The summed E-state index contributed by atoms with van der Waals surface area (Å²) >= 11 is 5.49. The molecule has 0 aromatic carbocycles. The zero-order chi connectivity index (χ0) is 10.8. The standard InChI is InChI=1S/C5H6ClN3O4S/c1-9-5(2-4(6)7-9)8-14(11,12)13-3-10/h2-3,8H,1H3. The third-order valence-electron chi connectivity index (χ3n) is 1.25. The van der Waals surface area contributed by atoms with Gasteiger partial charge in [0.2, 0.25) is 0 Å². The molecule has 14 heavy (non-hydrogen) atoms. The molecule has 1 aromatic heterocycles. The van der Waals surface area contributed by atoms with Crippen molar-refractivity contribution in [2.75, 3.05) is 4.72 Å². The molecule has 0 aliphatic rings. The van der Waals surface area contributed by atoms with Crippen LogP contribution >= 0.6 is 11.6 Å². The van der Waals surface area contributed by atoms with Crippen LogP contribution < -0.4 is 4.72 Å². The molecular weight excluding hydrogens is 234 g/mol. The minimum absolute atomic E-state index is 0.0943. The van der Waals surface area contributed by atoms with E-state index in [0.717, 1.165) is 0 Å². The SMILES string of the molecule is Cn1nc(Cl)cc1NS(=O)(=O)OC=O. The molecule has 0 aliphatic heterocycles. The third kappa shape index (κ3) is 2.60. The van der Waals surface area contributed by atoms with Crippen molar-refractivity contribution in [1.29, 1.82) is 0 Å². The molecule has 1 rings (SSSR count). The van der Waals surface area contributed by atoms with Crippen molar-refractivity contribution in [2.45, 2.75) is 0 Å². The van der Waals surface area contributed by atoms with Crippen molar-refractivity contribution in [2.24, 2.45) is 7.05 Å². The van der Waals surface area contributed by atoms with Gasteiger partial charge < -0.3 is 4.18 Å². The van der Waals surface area contributed by atoms with E-state index in [4.69, 9.17) is 11.6 Å². The summed E-state index contributed by atoms with van der Waals surface area (Å²) < 4.78 is 28.8. The Bertz CT molecular complexity index is 440. The van der Waals surface area contributed by atoms with E-state index >= 15 is 0 Å². The molecule has 0 radical (unpaired) electrons. The number of halogens is 1. The van der Waals surface area contributed by atoms with E-state index in [2.05, 4.69) is 9.28 Å². The molecule has 0 bridgehead atoms. The lowest BCUT2D eigenvalue weighted by molar-refractivity contribution is -0.120. The van der Waals surface area contributed by atoms with Gasteiger partial charge in [-0.25, -0.2) is 4.72 Å². The number of aryl methyl sites for hydroxylation is 1. The van der Waals surface area contributed by atoms with Crippen LogP contribution in [0.25, 0.3) is 0 Å².